The van der Waals surface area contributed by atoms with E-state index >= 15 is 0 Å². The summed E-state index contributed by atoms with van der Waals surface area (Å²) < 4.78 is 0. The molecule has 4 aliphatic rings. The molecule has 0 aromatic carbocycles. The molecule has 1 aliphatic carbocycles. The van der Waals surface area contributed by atoms with Gasteiger partial charge in [-0.3, -0.25) is 4.90 Å². The quantitative estimate of drug-likeness (QED) is 0.826. The van der Waals surface area contributed by atoms with E-state index < -0.39 is 0 Å². The summed E-state index contributed by atoms with van der Waals surface area (Å²) >= 11 is 0. The minimum Gasteiger partial charge on any atom is -0.311 e. The lowest BCUT2D eigenvalue weighted by molar-refractivity contribution is 0.154. The third-order valence-corrected chi connectivity index (χ3v) is 6.26. The second-order valence-corrected chi connectivity index (χ2v) is 7.29. The zero-order valence-electron chi connectivity index (χ0n) is 11.6. The molecule has 4 fully saturated rings. The van der Waals surface area contributed by atoms with Gasteiger partial charge in [0.1, 0.15) is 0 Å². The van der Waals surface area contributed by atoms with Crippen molar-refractivity contribution in [2.45, 2.75) is 75.9 Å². The fourth-order valence-electron chi connectivity index (χ4n) is 5.40. The molecule has 102 valence electrons. The van der Waals surface area contributed by atoms with Gasteiger partial charge in [-0.15, -0.1) is 0 Å². The summed E-state index contributed by atoms with van der Waals surface area (Å²) in [5.41, 5.74) is 0. The van der Waals surface area contributed by atoms with Crippen LogP contribution >= 0.6 is 0 Å². The first kappa shape index (κ1) is 11.7. The molecule has 3 heterocycles. The van der Waals surface area contributed by atoms with Gasteiger partial charge in [0.25, 0.3) is 0 Å². The molecular formula is C16H28N2. The Bertz CT molecular complexity index is 297. The molecule has 4 rings (SSSR count). The summed E-state index contributed by atoms with van der Waals surface area (Å²) in [6.45, 7) is 2.81. The number of hydrogen-bond donors (Lipinski definition) is 1. The molecule has 1 saturated carbocycles. The van der Waals surface area contributed by atoms with Crippen LogP contribution in [-0.2, 0) is 0 Å². The fraction of sp³-hybridized carbons (Fsp3) is 1.00. The predicted octanol–water partition coefficient (Wildman–Crippen LogP) is 2.78. The molecule has 1 N–H and O–H groups in total. The largest absolute Gasteiger partial charge is 0.311 e. The van der Waals surface area contributed by atoms with Crippen molar-refractivity contribution in [3.63, 3.8) is 0 Å². The van der Waals surface area contributed by atoms with Crippen molar-refractivity contribution in [1.29, 1.82) is 0 Å². The van der Waals surface area contributed by atoms with Crippen LogP contribution in [0.25, 0.3) is 0 Å². The van der Waals surface area contributed by atoms with Gasteiger partial charge in [0, 0.05) is 24.7 Å². The zero-order valence-corrected chi connectivity index (χ0v) is 11.6. The van der Waals surface area contributed by atoms with Crippen LogP contribution in [0.3, 0.4) is 0 Å². The molecule has 0 radical (unpaired) electrons. The Labute approximate surface area is 111 Å². The number of nitrogens with one attached hydrogen (secondary N) is 1. The standard InChI is InChI=1S/C16H28N2/c1-2-5-12(4-1)16-6-3-9-18(16)11-13-10-14-7-8-15(13)17-14/h12-17H,1-11H2. The van der Waals surface area contributed by atoms with Crippen molar-refractivity contribution in [3.8, 4) is 0 Å². The highest BCUT2D eigenvalue weighted by Crippen LogP contribution is 2.38. The van der Waals surface area contributed by atoms with Crippen molar-refractivity contribution in [3.05, 3.63) is 0 Å². The van der Waals surface area contributed by atoms with Crippen LogP contribution in [-0.4, -0.2) is 36.1 Å². The van der Waals surface area contributed by atoms with Crippen LogP contribution in [0.1, 0.15) is 57.8 Å². The average molecular weight is 248 g/mol. The topological polar surface area (TPSA) is 15.3 Å². The molecule has 4 atom stereocenters. The molecule has 0 spiro atoms. The van der Waals surface area contributed by atoms with Gasteiger partial charge in [-0.1, -0.05) is 12.8 Å². The third kappa shape index (κ3) is 2.02. The van der Waals surface area contributed by atoms with E-state index in [-0.39, 0.29) is 0 Å². The molecule has 0 amide bonds. The van der Waals surface area contributed by atoms with Gasteiger partial charge in [0.2, 0.25) is 0 Å². The van der Waals surface area contributed by atoms with Gasteiger partial charge < -0.3 is 5.32 Å². The highest BCUT2D eigenvalue weighted by Gasteiger charge is 2.42. The SMILES string of the molecule is C1CCC(C2CCCN2CC2CC3CCC2N3)C1. The summed E-state index contributed by atoms with van der Waals surface area (Å²) in [4.78, 5) is 2.89. The van der Waals surface area contributed by atoms with Crippen molar-refractivity contribution in [1.82, 2.24) is 10.2 Å². The average Bonchev–Trinajstić information content (AvgIpc) is 3.14. The number of fused-ring (bicyclic) bond motifs is 2. The molecule has 4 unspecified atom stereocenters. The normalized spacial score (nSPS) is 45.3. The number of hydrogen-bond acceptors (Lipinski definition) is 2. The molecular weight excluding hydrogens is 220 g/mol. The second kappa shape index (κ2) is 4.79. The number of likely N-dealkylation sites (tertiary alicyclic amines) is 1. The van der Waals surface area contributed by atoms with Gasteiger partial charge in [-0.05, 0) is 63.3 Å². The van der Waals surface area contributed by atoms with E-state index in [4.69, 9.17) is 0 Å². The smallest absolute Gasteiger partial charge is 0.0124 e. The molecule has 3 saturated heterocycles. The summed E-state index contributed by atoms with van der Waals surface area (Å²) in [5, 5.41) is 3.81. The summed E-state index contributed by atoms with van der Waals surface area (Å²) in [6.07, 6.45) is 13.4. The minimum absolute atomic E-state index is 0.875. The van der Waals surface area contributed by atoms with E-state index in [1.807, 2.05) is 0 Å². The predicted molar refractivity (Wildman–Crippen MR) is 74.6 cm³/mol. The van der Waals surface area contributed by atoms with Crippen LogP contribution in [0.15, 0.2) is 0 Å². The van der Waals surface area contributed by atoms with Gasteiger partial charge in [0.15, 0.2) is 0 Å². The van der Waals surface area contributed by atoms with Crippen LogP contribution in [0.4, 0.5) is 0 Å². The van der Waals surface area contributed by atoms with Crippen molar-refractivity contribution in [2.24, 2.45) is 11.8 Å². The second-order valence-electron chi connectivity index (χ2n) is 7.29. The summed E-state index contributed by atoms with van der Waals surface area (Å²) in [6, 6.07) is 2.72. The van der Waals surface area contributed by atoms with Crippen molar-refractivity contribution in [2.75, 3.05) is 13.1 Å². The highest BCUT2D eigenvalue weighted by atomic mass is 15.2. The van der Waals surface area contributed by atoms with Crippen molar-refractivity contribution >= 4 is 0 Å². The first-order valence-electron chi connectivity index (χ1n) is 8.40. The van der Waals surface area contributed by atoms with Gasteiger partial charge in [0.05, 0.1) is 0 Å². The van der Waals surface area contributed by atoms with Crippen molar-refractivity contribution < 1.29 is 0 Å². The molecule has 0 aromatic heterocycles. The van der Waals surface area contributed by atoms with E-state index in [1.54, 1.807) is 0 Å². The van der Waals surface area contributed by atoms with Crippen LogP contribution in [0.2, 0.25) is 0 Å². The Balaban J connectivity index is 1.38. The zero-order chi connectivity index (χ0) is 11.9. The van der Waals surface area contributed by atoms with Gasteiger partial charge in [-0.2, -0.15) is 0 Å². The number of rotatable bonds is 3. The highest BCUT2D eigenvalue weighted by molar-refractivity contribution is 4.99. The minimum atomic E-state index is 0.875. The maximum absolute atomic E-state index is 3.81. The monoisotopic (exact) mass is 248 g/mol. The molecule has 3 aliphatic heterocycles. The van der Waals surface area contributed by atoms with Crippen LogP contribution < -0.4 is 5.32 Å². The lowest BCUT2D eigenvalue weighted by atomic mass is 9.88. The fourth-order valence-corrected chi connectivity index (χ4v) is 5.40. The van der Waals surface area contributed by atoms with Gasteiger partial charge in [-0.25, -0.2) is 0 Å². The lowest BCUT2D eigenvalue weighted by Crippen LogP contribution is -2.40. The maximum Gasteiger partial charge on any atom is 0.0124 e. The maximum atomic E-state index is 3.81. The van der Waals surface area contributed by atoms with E-state index in [2.05, 4.69) is 10.2 Å². The van der Waals surface area contributed by atoms with Gasteiger partial charge >= 0.3 is 0 Å². The lowest BCUT2D eigenvalue weighted by Gasteiger charge is -2.33. The van der Waals surface area contributed by atoms with E-state index in [0.717, 1.165) is 30.0 Å². The molecule has 2 nitrogen and oxygen atoms in total. The Kier molecular flexibility index (Phi) is 3.12. The Morgan fingerprint density at radius 2 is 1.83 bits per heavy atom. The Morgan fingerprint density at radius 1 is 0.944 bits per heavy atom. The van der Waals surface area contributed by atoms with Crippen LogP contribution in [0, 0.1) is 11.8 Å². The summed E-state index contributed by atoms with van der Waals surface area (Å²) in [7, 11) is 0. The molecule has 18 heavy (non-hydrogen) atoms. The van der Waals surface area contributed by atoms with Crippen LogP contribution in [0.5, 0.6) is 0 Å². The molecule has 2 heteroatoms. The summed E-state index contributed by atoms with van der Waals surface area (Å²) in [5.74, 6) is 2.03. The van der Waals surface area contributed by atoms with E-state index in [0.29, 0.717) is 0 Å². The Morgan fingerprint density at radius 3 is 2.56 bits per heavy atom. The van der Waals surface area contributed by atoms with E-state index in [9.17, 15) is 0 Å². The number of nitrogens with zero attached hydrogens (tertiary/aromatic N) is 1. The first-order chi connectivity index (χ1) is 8.90. The Hall–Kier alpha value is -0.0800. The molecule has 2 bridgehead atoms. The first-order valence-corrected chi connectivity index (χ1v) is 8.40. The molecule has 0 aromatic rings. The third-order valence-electron chi connectivity index (χ3n) is 6.26. The van der Waals surface area contributed by atoms with E-state index in [1.165, 1.54) is 70.9 Å².